The first-order chi connectivity index (χ1) is 15.2. The fourth-order valence-corrected chi connectivity index (χ4v) is 4.65. The molecule has 0 aliphatic carbocycles. The van der Waals surface area contributed by atoms with Crippen LogP contribution in [0.25, 0.3) is 55.1 Å². The zero-order valence-electron chi connectivity index (χ0n) is 17.5. The molecule has 0 aliphatic heterocycles. The topological polar surface area (TPSA) is 26.0 Å². The van der Waals surface area contributed by atoms with Gasteiger partial charge in [0.1, 0.15) is 11.2 Å². The molecule has 0 unspecified atom stereocenters. The molecule has 0 radical (unpaired) electrons. The van der Waals surface area contributed by atoms with Gasteiger partial charge in [-0.25, -0.2) is 0 Å². The number of aryl methyl sites for hydroxylation is 1. The molecule has 0 aliphatic rings. The average Bonchev–Trinajstić information content (AvgIpc) is 3.19. The highest BCUT2D eigenvalue weighted by Crippen LogP contribution is 2.40. The first-order valence-electron chi connectivity index (χ1n) is 10.6. The van der Waals surface area contributed by atoms with Crippen molar-refractivity contribution in [3.8, 4) is 22.4 Å². The van der Waals surface area contributed by atoms with Crippen LogP contribution >= 0.6 is 0 Å². The van der Waals surface area contributed by atoms with Crippen LogP contribution in [0.2, 0.25) is 0 Å². The third-order valence-electron chi connectivity index (χ3n) is 6.21. The molecule has 0 fully saturated rings. The molecule has 6 aromatic rings. The standard InChI is InChI=1S/C29H21NO/c1-18-13-15-26(30-17-18)21-9-5-8-20(19(21)2)22-10-6-11-24-23(22)14-16-28-29(24)25-7-3-4-12-27(25)31-28/h3-17H,1-2H3. The van der Waals surface area contributed by atoms with Gasteiger partial charge < -0.3 is 4.42 Å². The molecule has 2 nitrogen and oxygen atoms in total. The monoisotopic (exact) mass is 399 g/mol. The molecular formula is C29H21NO. The Kier molecular flexibility index (Phi) is 3.94. The molecule has 2 heteroatoms. The molecule has 148 valence electrons. The minimum absolute atomic E-state index is 0.930. The Labute approximate surface area is 180 Å². The van der Waals surface area contributed by atoms with Crippen LogP contribution in [0.15, 0.2) is 95.5 Å². The smallest absolute Gasteiger partial charge is 0.136 e. The van der Waals surface area contributed by atoms with E-state index in [1.807, 2.05) is 18.3 Å². The van der Waals surface area contributed by atoms with Gasteiger partial charge in [0.05, 0.1) is 5.69 Å². The fourth-order valence-electron chi connectivity index (χ4n) is 4.65. The van der Waals surface area contributed by atoms with Gasteiger partial charge in [0.2, 0.25) is 0 Å². The van der Waals surface area contributed by atoms with E-state index in [-0.39, 0.29) is 0 Å². The number of benzene rings is 4. The summed E-state index contributed by atoms with van der Waals surface area (Å²) in [5, 5.41) is 4.80. The summed E-state index contributed by atoms with van der Waals surface area (Å²) < 4.78 is 6.11. The molecule has 0 atom stereocenters. The lowest BCUT2D eigenvalue weighted by atomic mass is 9.90. The quantitative estimate of drug-likeness (QED) is 0.294. The molecule has 0 spiro atoms. The Hall–Kier alpha value is -3.91. The van der Waals surface area contributed by atoms with Crippen molar-refractivity contribution in [3.63, 3.8) is 0 Å². The maximum absolute atomic E-state index is 6.11. The van der Waals surface area contributed by atoms with Gasteiger partial charge in [0, 0.05) is 22.5 Å². The molecule has 2 aromatic heterocycles. The SMILES string of the molecule is Cc1ccc(-c2cccc(-c3cccc4c3ccc3oc5ccccc5c34)c2C)nc1. The van der Waals surface area contributed by atoms with Gasteiger partial charge in [0.15, 0.2) is 0 Å². The van der Waals surface area contributed by atoms with E-state index in [4.69, 9.17) is 4.42 Å². The summed E-state index contributed by atoms with van der Waals surface area (Å²) in [6.07, 6.45) is 1.93. The first-order valence-corrected chi connectivity index (χ1v) is 10.6. The summed E-state index contributed by atoms with van der Waals surface area (Å²) in [7, 11) is 0. The minimum atomic E-state index is 0.930. The molecule has 0 bridgehead atoms. The van der Waals surface area contributed by atoms with E-state index in [2.05, 4.69) is 91.6 Å². The maximum Gasteiger partial charge on any atom is 0.136 e. The minimum Gasteiger partial charge on any atom is -0.456 e. The molecule has 0 saturated heterocycles. The summed E-state index contributed by atoms with van der Waals surface area (Å²) in [4.78, 5) is 4.66. The van der Waals surface area contributed by atoms with Gasteiger partial charge in [-0.15, -0.1) is 0 Å². The molecule has 6 rings (SSSR count). The Morgan fingerprint density at radius 1 is 0.581 bits per heavy atom. The van der Waals surface area contributed by atoms with Crippen molar-refractivity contribution < 1.29 is 4.42 Å². The van der Waals surface area contributed by atoms with E-state index < -0.39 is 0 Å². The molecule has 0 amide bonds. The van der Waals surface area contributed by atoms with Crippen LogP contribution in [0.1, 0.15) is 11.1 Å². The number of furan rings is 1. The van der Waals surface area contributed by atoms with Crippen molar-refractivity contribution in [2.45, 2.75) is 13.8 Å². The Morgan fingerprint density at radius 2 is 1.35 bits per heavy atom. The number of fused-ring (bicyclic) bond motifs is 5. The number of para-hydroxylation sites is 1. The van der Waals surface area contributed by atoms with Gasteiger partial charge in [-0.1, -0.05) is 66.7 Å². The number of hydrogen-bond acceptors (Lipinski definition) is 2. The summed E-state index contributed by atoms with van der Waals surface area (Å²) in [6, 6.07) is 29.8. The third-order valence-corrected chi connectivity index (χ3v) is 6.21. The van der Waals surface area contributed by atoms with Crippen molar-refractivity contribution >= 4 is 32.7 Å². The predicted octanol–water partition coefficient (Wildman–Crippen LogP) is 8.09. The summed E-state index contributed by atoms with van der Waals surface area (Å²) in [5.74, 6) is 0. The zero-order chi connectivity index (χ0) is 20.9. The van der Waals surface area contributed by atoms with Crippen molar-refractivity contribution in [3.05, 3.63) is 102 Å². The van der Waals surface area contributed by atoms with Crippen LogP contribution < -0.4 is 0 Å². The summed E-state index contributed by atoms with van der Waals surface area (Å²) >= 11 is 0. The van der Waals surface area contributed by atoms with E-state index in [9.17, 15) is 0 Å². The van der Waals surface area contributed by atoms with Crippen molar-refractivity contribution in [1.29, 1.82) is 0 Å². The third kappa shape index (κ3) is 2.76. The van der Waals surface area contributed by atoms with Gasteiger partial charge in [-0.2, -0.15) is 0 Å². The number of pyridine rings is 1. The Morgan fingerprint density at radius 3 is 2.23 bits per heavy atom. The lowest BCUT2D eigenvalue weighted by Crippen LogP contribution is -1.92. The van der Waals surface area contributed by atoms with Crippen LogP contribution in [-0.2, 0) is 0 Å². The summed E-state index contributed by atoms with van der Waals surface area (Å²) in [6.45, 7) is 4.26. The van der Waals surface area contributed by atoms with Crippen LogP contribution in [0.4, 0.5) is 0 Å². The zero-order valence-corrected chi connectivity index (χ0v) is 17.5. The highest BCUT2D eigenvalue weighted by Gasteiger charge is 2.15. The van der Waals surface area contributed by atoms with Crippen molar-refractivity contribution in [2.24, 2.45) is 0 Å². The molecule has 31 heavy (non-hydrogen) atoms. The highest BCUT2D eigenvalue weighted by atomic mass is 16.3. The summed E-state index contributed by atoms with van der Waals surface area (Å²) in [5.41, 5.74) is 8.91. The number of rotatable bonds is 2. The van der Waals surface area contributed by atoms with Gasteiger partial charge in [0.25, 0.3) is 0 Å². The van der Waals surface area contributed by atoms with Gasteiger partial charge >= 0.3 is 0 Å². The van der Waals surface area contributed by atoms with Crippen LogP contribution in [-0.4, -0.2) is 4.98 Å². The molecule has 0 saturated carbocycles. The van der Waals surface area contributed by atoms with Crippen molar-refractivity contribution in [1.82, 2.24) is 4.98 Å². The van der Waals surface area contributed by atoms with E-state index in [1.54, 1.807) is 0 Å². The second kappa shape index (κ2) is 6.82. The van der Waals surface area contributed by atoms with E-state index in [0.717, 1.165) is 22.2 Å². The van der Waals surface area contributed by atoms with Gasteiger partial charge in [-0.05, 0) is 65.1 Å². The molecule has 0 N–H and O–H groups in total. The maximum atomic E-state index is 6.11. The number of hydrogen-bond donors (Lipinski definition) is 0. The second-order valence-electron chi connectivity index (χ2n) is 8.14. The van der Waals surface area contributed by atoms with E-state index in [1.165, 1.54) is 44.0 Å². The van der Waals surface area contributed by atoms with Crippen LogP contribution in [0.3, 0.4) is 0 Å². The average molecular weight is 399 g/mol. The lowest BCUT2D eigenvalue weighted by Gasteiger charge is -2.14. The Bertz CT molecular complexity index is 1590. The molecule has 2 heterocycles. The largest absolute Gasteiger partial charge is 0.456 e. The number of nitrogens with zero attached hydrogens (tertiary/aromatic N) is 1. The van der Waals surface area contributed by atoms with Crippen molar-refractivity contribution in [2.75, 3.05) is 0 Å². The second-order valence-corrected chi connectivity index (χ2v) is 8.14. The van der Waals surface area contributed by atoms with E-state index >= 15 is 0 Å². The molecule has 4 aromatic carbocycles. The molecular weight excluding hydrogens is 378 g/mol. The first kappa shape index (κ1) is 17.9. The Balaban J connectivity index is 1.63. The number of aromatic nitrogens is 1. The van der Waals surface area contributed by atoms with E-state index in [0.29, 0.717) is 0 Å². The normalized spacial score (nSPS) is 11.5. The van der Waals surface area contributed by atoms with Gasteiger partial charge in [-0.3, -0.25) is 4.98 Å². The highest BCUT2D eigenvalue weighted by molar-refractivity contribution is 6.21. The predicted molar refractivity (Wildman–Crippen MR) is 129 cm³/mol. The van der Waals surface area contributed by atoms with Crippen LogP contribution in [0, 0.1) is 13.8 Å². The lowest BCUT2D eigenvalue weighted by molar-refractivity contribution is 0.669. The van der Waals surface area contributed by atoms with Crippen LogP contribution in [0.5, 0.6) is 0 Å². The fraction of sp³-hybridized carbons (Fsp3) is 0.0690.